The number of nitrogens with zero attached hydrogens (tertiary/aromatic N) is 1. The van der Waals surface area contributed by atoms with Crippen LogP contribution in [0, 0.1) is 0 Å². The molecule has 0 heterocycles. The highest BCUT2D eigenvalue weighted by atomic mass is 16.5. The Morgan fingerprint density at radius 3 is 2.47 bits per heavy atom. The normalized spacial score (nSPS) is 10.8. The number of aromatic carboxylic acids is 1. The number of hydrogen-bond donors (Lipinski definition) is 1. The Balaban J connectivity index is 1.63. The van der Waals surface area contributed by atoms with Crippen LogP contribution in [0.25, 0.3) is 0 Å². The standard InChI is InChI=1S/C27H27NO6/c1-3-4-14-33-27(31)21-9-11-23(12-10-21)28-17-19-8-13-24(25(16-19)32-2)34-18-20-6-5-7-22(15-20)26(29)30/h5-13,15-17H,3-4,14,18H2,1-2H3,(H,29,30). The number of carbonyl (C=O) groups is 2. The van der Waals surface area contributed by atoms with E-state index in [1.54, 1.807) is 67.9 Å². The van der Waals surface area contributed by atoms with Crippen LogP contribution in [0.3, 0.4) is 0 Å². The van der Waals surface area contributed by atoms with Gasteiger partial charge in [0, 0.05) is 6.21 Å². The van der Waals surface area contributed by atoms with Crippen molar-refractivity contribution in [3.63, 3.8) is 0 Å². The zero-order valence-corrected chi connectivity index (χ0v) is 19.2. The third kappa shape index (κ3) is 6.93. The van der Waals surface area contributed by atoms with E-state index in [0.717, 1.165) is 24.0 Å². The van der Waals surface area contributed by atoms with Crippen molar-refractivity contribution in [1.82, 2.24) is 0 Å². The van der Waals surface area contributed by atoms with Gasteiger partial charge in [-0.3, -0.25) is 4.99 Å². The fourth-order valence-electron chi connectivity index (χ4n) is 3.06. The lowest BCUT2D eigenvalue weighted by molar-refractivity contribution is 0.0499. The SMILES string of the molecule is CCCCOC(=O)c1ccc(N=Cc2ccc(OCc3cccc(C(=O)O)c3)c(OC)c2)cc1. The lowest BCUT2D eigenvalue weighted by Crippen LogP contribution is -2.05. The molecule has 0 bridgehead atoms. The van der Waals surface area contributed by atoms with Crippen LogP contribution in [0.4, 0.5) is 5.69 Å². The van der Waals surface area contributed by atoms with Gasteiger partial charge in [-0.1, -0.05) is 25.5 Å². The molecular weight excluding hydrogens is 434 g/mol. The van der Waals surface area contributed by atoms with E-state index in [0.29, 0.717) is 29.4 Å². The van der Waals surface area contributed by atoms with Gasteiger partial charge in [0.2, 0.25) is 0 Å². The van der Waals surface area contributed by atoms with Crippen molar-refractivity contribution in [2.24, 2.45) is 4.99 Å². The van der Waals surface area contributed by atoms with E-state index >= 15 is 0 Å². The van der Waals surface area contributed by atoms with Crippen LogP contribution in [0.2, 0.25) is 0 Å². The molecule has 0 radical (unpaired) electrons. The van der Waals surface area contributed by atoms with Gasteiger partial charge < -0.3 is 19.3 Å². The number of hydrogen-bond acceptors (Lipinski definition) is 6. The first-order chi connectivity index (χ1) is 16.5. The maximum absolute atomic E-state index is 12.0. The monoisotopic (exact) mass is 461 g/mol. The highest BCUT2D eigenvalue weighted by molar-refractivity contribution is 5.90. The van der Waals surface area contributed by atoms with E-state index in [4.69, 9.17) is 19.3 Å². The van der Waals surface area contributed by atoms with E-state index in [-0.39, 0.29) is 18.1 Å². The number of esters is 1. The Labute approximate surface area is 198 Å². The summed E-state index contributed by atoms with van der Waals surface area (Å²) < 4.78 is 16.5. The zero-order valence-electron chi connectivity index (χ0n) is 19.2. The minimum Gasteiger partial charge on any atom is -0.493 e. The lowest BCUT2D eigenvalue weighted by Gasteiger charge is -2.11. The van der Waals surface area contributed by atoms with Gasteiger partial charge in [0.15, 0.2) is 11.5 Å². The molecule has 3 aromatic carbocycles. The Bertz CT molecular complexity index is 1150. The molecule has 0 aromatic heterocycles. The summed E-state index contributed by atoms with van der Waals surface area (Å²) >= 11 is 0. The molecule has 0 saturated heterocycles. The Morgan fingerprint density at radius 1 is 0.971 bits per heavy atom. The molecule has 0 aliphatic rings. The molecule has 0 aliphatic carbocycles. The first-order valence-electron chi connectivity index (χ1n) is 10.9. The number of carbonyl (C=O) groups excluding carboxylic acids is 1. The summed E-state index contributed by atoms with van der Waals surface area (Å²) in [7, 11) is 1.55. The molecular formula is C27H27NO6. The number of benzene rings is 3. The third-order valence-electron chi connectivity index (χ3n) is 4.95. The fraction of sp³-hybridized carbons (Fsp3) is 0.222. The zero-order chi connectivity index (χ0) is 24.3. The number of rotatable bonds is 11. The molecule has 0 amide bonds. The quantitative estimate of drug-likeness (QED) is 0.224. The van der Waals surface area contributed by atoms with Crippen molar-refractivity contribution >= 4 is 23.8 Å². The molecule has 3 aromatic rings. The average Bonchev–Trinajstić information content (AvgIpc) is 2.87. The van der Waals surface area contributed by atoms with Gasteiger partial charge in [-0.15, -0.1) is 0 Å². The van der Waals surface area contributed by atoms with E-state index < -0.39 is 5.97 Å². The van der Waals surface area contributed by atoms with E-state index in [1.165, 1.54) is 6.07 Å². The van der Waals surface area contributed by atoms with E-state index in [1.807, 2.05) is 13.0 Å². The van der Waals surface area contributed by atoms with Crippen molar-refractivity contribution in [2.75, 3.05) is 13.7 Å². The van der Waals surface area contributed by atoms with Crippen molar-refractivity contribution in [2.45, 2.75) is 26.4 Å². The molecule has 176 valence electrons. The second-order valence-electron chi connectivity index (χ2n) is 7.50. The highest BCUT2D eigenvalue weighted by Crippen LogP contribution is 2.29. The summed E-state index contributed by atoms with van der Waals surface area (Å²) in [5.41, 5.74) is 2.95. The largest absolute Gasteiger partial charge is 0.493 e. The smallest absolute Gasteiger partial charge is 0.338 e. The van der Waals surface area contributed by atoms with Crippen molar-refractivity contribution in [1.29, 1.82) is 0 Å². The van der Waals surface area contributed by atoms with Gasteiger partial charge in [0.25, 0.3) is 0 Å². The summed E-state index contributed by atoms with van der Waals surface area (Å²) in [5.74, 6) is -0.251. The van der Waals surface area contributed by atoms with Crippen molar-refractivity contribution in [3.8, 4) is 11.5 Å². The minimum absolute atomic E-state index is 0.206. The topological polar surface area (TPSA) is 94.4 Å². The summed E-state index contributed by atoms with van der Waals surface area (Å²) in [6.45, 7) is 2.67. The summed E-state index contributed by atoms with van der Waals surface area (Å²) in [6, 6.07) is 18.9. The maximum atomic E-state index is 12.0. The average molecular weight is 462 g/mol. The molecule has 1 N–H and O–H groups in total. The molecule has 34 heavy (non-hydrogen) atoms. The molecule has 0 fully saturated rings. The van der Waals surface area contributed by atoms with Gasteiger partial charge in [0.05, 0.1) is 30.5 Å². The summed E-state index contributed by atoms with van der Waals surface area (Å²) in [4.78, 5) is 27.6. The number of carboxylic acids is 1. The molecule has 0 unspecified atom stereocenters. The number of aliphatic imine (C=N–C) groups is 1. The molecule has 0 saturated carbocycles. The third-order valence-corrected chi connectivity index (χ3v) is 4.95. The van der Waals surface area contributed by atoms with Crippen molar-refractivity contribution in [3.05, 3.63) is 89.0 Å². The van der Waals surface area contributed by atoms with Crippen LogP contribution >= 0.6 is 0 Å². The van der Waals surface area contributed by atoms with Crippen molar-refractivity contribution < 1.29 is 28.9 Å². The molecule has 7 heteroatoms. The van der Waals surface area contributed by atoms with Crippen LogP contribution in [0.1, 0.15) is 51.6 Å². The Hall–Kier alpha value is -4.13. The predicted molar refractivity (Wildman–Crippen MR) is 130 cm³/mol. The van der Waals surface area contributed by atoms with Crippen LogP contribution in [0.15, 0.2) is 71.7 Å². The van der Waals surface area contributed by atoms with Crippen LogP contribution in [-0.4, -0.2) is 37.0 Å². The molecule has 0 spiro atoms. The minimum atomic E-state index is -0.982. The lowest BCUT2D eigenvalue weighted by atomic mass is 10.1. The number of ether oxygens (including phenoxy) is 3. The van der Waals surface area contributed by atoms with Crippen LogP contribution < -0.4 is 9.47 Å². The predicted octanol–water partition coefficient (Wildman–Crippen LogP) is 5.68. The Morgan fingerprint density at radius 2 is 1.76 bits per heavy atom. The molecule has 3 rings (SSSR count). The number of carboxylic acid groups (broad SMARTS) is 1. The van der Waals surface area contributed by atoms with Gasteiger partial charge in [-0.25, -0.2) is 9.59 Å². The van der Waals surface area contributed by atoms with Gasteiger partial charge in [-0.05, 0) is 72.1 Å². The first kappa shape index (κ1) is 24.5. The molecule has 0 atom stereocenters. The number of unbranched alkanes of at least 4 members (excludes halogenated alkanes) is 1. The first-order valence-corrected chi connectivity index (χ1v) is 10.9. The highest BCUT2D eigenvalue weighted by Gasteiger charge is 2.09. The van der Waals surface area contributed by atoms with Crippen LogP contribution in [0.5, 0.6) is 11.5 Å². The summed E-state index contributed by atoms with van der Waals surface area (Å²) in [5, 5.41) is 9.12. The maximum Gasteiger partial charge on any atom is 0.338 e. The second kappa shape index (κ2) is 12.2. The molecule has 7 nitrogen and oxygen atoms in total. The van der Waals surface area contributed by atoms with Crippen LogP contribution in [-0.2, 0) is 11.3 Å². The number of methoxy groups -OCH3 is 1. The van der Waals surface area contributed by atoms with E-state index in [2.05, 4.69) is 4.99 Å². The van der Waals surface area contributed by atoms with E-state index in [9.17, 15) is 9.59 Å². The van der Waals surface area contributed by atoms with Gasteiger partial charge in [-0.2, -0.15) is 0 Å². The van der Waals surface area contributed by atoms with Gasteiger partial charge >= 0.3 is 11.9 Å². The fourth-order valence-corrected chi connectivity index (χ4v) is 3.06. The second-order valence-corrected chi connectivity index (χ2v) is 7.50. The molecule has 0 aliphatic heterocycles. The summed E-state index contributed by atoms with van der Waals surface area (Å²) in [6.07, 6.45) is 3.51. The Kier molecular flexibility index (Phi) is 8.80. The van der Waals surface area contributed by atoms with Gasteiger partial charge in [0.1, 0.15) is 6.61 Å².